The molecule has 0 saturated carbocycles. The molecule has 2 aromatic carbocycles. The standard InChI is InChI=1S/C23H19N5O3S/c24-13-16-4-3-5-18(12-16)26-23(29)27(15-19-8-9-22(32-19)28(30)31)11-10-17-14-25-21-7-2-1-6-20(17)21/h1-9,12,14,25H,10-11,15H2,(H,26,29). The summed E-state index contributed by atoms with van der Waals surface area (Å²) in [5.74, 6) is 0. The molecule has 9 heteroatoms. The summed E-state index contributed by atoms with van der Waals surface area (Å²) >= 11 is 1.06. The molecule has 0 radical (unpaired) electrons. The molecule has 0 aliphatic rings. The Morgan fingerprint density at radius 2 is 2.03 bits per heavy atom. The van der Waals surface area contributed by atoms with Crippen LogP contribution in [-0.4, -0.2) is 27.4 Å². The Morgan fingerprint density at radius 3 is 2.81 bits per heavy atom. The largest absolute Gasteiger partial charge is 0.361 e. The van der Waals surface area contributed by atoms with Crippen LogP contribution in [0.5, 0.6) is 0 Å². The fourth-order valence-electron chi connectivity index (χ4n) is 3.45. The molecule has 0 fully saturated rings. The van der Waals surface area contributed by atoms with E-state index < -0.39 is 4.92 Å². The Kier molecular flexibility index (Phi) is 6.14. The molecule has 0 aliphatic heterocycles. The third-order valence-corrected chi connectivity index (χ3v) is 6.05. The Balaban J connectivity index is 1.54. The molecule has 0 saturated heterocycles. The van der Waals surface area contributed by atoms with Gasteiger partial charge in [0.1, 0.15) is 0 Å². The zero-order valence-electron chi connectivity index (χ0n) is 16.9. The van der Waals surface area contributed by atoms with Crippen molar-refractivity contribution in [3.63, 3.8) is 0 Å². The summed E-state index contributed by atoms with van der Waals surface area (Å²) in [6.07, 6.45) is 2.55. The van der Waals surface area contributed by atoms with E-state index in [0.717, 1.165) is 32.7 Å². The lowest BCUT2D eigenvalue weighted by Gasteiger charge is -2.22. The van der Waals surface area contributed by atoms with E-state index in [1.54, 1.807) is 35.2 Å². The van der Waals surface area contributed by atoms with Crippen LogP contribution in [0, 0.1) is 21.4 Å². The number of carbonyl (C=O) groups excluding carboxylic acids is 1. The summed E-state index contributed by atoms with van der Waals surface area (Å²) in [6.45, 7) is 0.655. The Labute approximate surface area is 187 Å². The molecule has 0 atom stereocenters. The van der Waals surface area contributed by atoms with Gasteiger partial charge in [-0.05, 0) is 42.3 Å². The van der Waals surface area contributed by atoms with Crippen LogP contribution in [-0.2, 0) is 13.0 Å². The minimum absolute atomic E-state index is 0.0405. The first-order chi connectivity index (χ1) is 15.5. The maximum absolute atomic E-state index is 13.1. The van der Waals surface area contributed by atoms with Gasteiger partial charge in [0.05, 0.1) is 23.1 Å². The number of nitrogens with zero attached hydrogens (tertiary/aromatic N) is 3. The van der Waals surface area contributed by atoms with E-state index in [9.17, 15) is 14.9 Å². The Morgan fingerprint density at radius 1 is 1.19 bits per heavy atom. The van der Waals surface area contributed by atoms with Crippen molar-refractivity contribution in [2.45, 2.75) is 13.0 Å². The van der Waals surface area contributed by atoms with Gasteiger partial charge in [-0.25, -0.2) is 4.79 Å². The second-order valence-corrected chi connectivity index (χ2v) is 8.30. The number of nitriles is 1. The van der Waals surface area contributed by atoms with Gasteiger partial charge in [-0.15, -0.1) is 0 Å². The van der Waals surface area contributed by atoms with E-state index in [0.29, 0.717) is 24.2 Å². The molecule has 2 heterocycles. The van der Waals surface area contributed by atoms with Crippen LogP contribution in [0.25, 0.3) is 10.9 Å². The first-order valence-corrected chi connectivity index (χ1v) is 10.7. The highest BCUT2D eigenvalue weighted by Crippen LogP contribution is 2.26. The number of fused-ring (bicyclic) bond motifs is 1. The summed E-state index contributed by atoms with van der Waals surface area (Å²) in [7, 11) is 0. The number of rotatable bonds is 7. The lowest BCUT2D eigenvalue weighted by Crippen LogP contribution is -2.35. The number of hydrogen-bond donors (Lipinski definition) is 2. The van der Waals surface area contributed by atoms with Crippen molar-refractivity contribution in [1.29, 1.82) is 5.26 Å². The zero-order chi connectivity index (χ0) is 22.5. The van der Waals surface area contributed by atoms with Crippen molar-refractivity contribution in [2.75, 3.05) is 11.9 Å². The highest BCUT2D eigenvalue weighted by atomic mass is 32.1. The van der Waals surface area contributed by atoms with Crippen molar-refractivity contribution in [3.05, 3.63) is 93.0 Å². The third-order valence-electron chi connectivity index (χ3n) is 5.03. The number of hydrogen-bond acceptors (Lipinski definition) is 5. The topological polar surface area (TPSA) is 115 Å². The molecule has 4 aromatic rings. The van der Waals surface area contributed by atoms with Crippen molar-refractivity contribution in [1.82, 2.24) is 9.88 Å². The lowest BCUT2D eigenvalue weighted by molar-refractivity contribution is -0.380. The first kappa shape index (κ1) is 21.1. The zero-order valence-corrected chi connectivity index (χ0v) is 17.8. The highest BCUT2D eigenvalue weighted by molar-refractivity contribution is 7.15. The molecular formula is C23H19N5O3S. The van der Waals surface area contributed by atoms with E-state index in [1.807, 2.05) is 30.5 Å². The number of H-pyrrole nitrogens is 1. The van der Waals surface area contributed by atoms with E-state index in [2.05, 4.69) is 16.4 Å². The molecule has 4 rings (SSSR count). The van der Waals surface area contributed by atoms with Crippen molar-refractivity contribution in [3.8, 4) is 6.07 Å². The summed E-state index contributed by atoms with van der Waals surface area (Å²) in [4.78, 5) is 29.3. The second kappa shape index (κ2) is 9.32. The van der Waals surface area contributed by atoms with Crippen molar-refractivity contribution < 1.29 is 9.72 Å². The van der Waals surface area contributed by atoms with Crippen LogP contribution in [0.4, 0.5) is 15.5 Å². The Bertz CT molecular complexity index is 1320. The van der Waals surface area contributed by atoms with Gasteiger partial charge in [0.15, 0.2) is 0 Å². The van der Waals surface area contributed by atoms with Crippen LogP contribution < -0.4 is 5.32 Å². The van der Waals surface area contributed by atoms with Gasteiger partial charge in [0.2, 0.25) is 0 Å². The quantitative estimate of drug-likeness (QED) is 0.297. The van der Waals surface area contributed by atoms with Gasteiger partial charge >= 0.3 is 11.0 Å². The van der Waals surface area contributed by atoms with Gasteiger partial charge in [0, 0.05) is 40.3 Å². The third kappa shape index (κ3) is 4.77. The summed E-state index contributed by atoms with van der Waals surface area (Å²) in [5, 5.41) is 24.1. The molecular weight excluding hydrogens is 426 g/mol. The van der Waals surface area contributed by atoms with Crippen LogP contribution in [0.1, 0.15) is 16.0 Å². The van der Waals surface area contributed by atoms with E-state index in [4.69, 9.17) is 5.26 Å². The molecule has 2 N–H and O–H groups in total. The van der Waals surface area contributed by atoms with Gasteiger partial charge < -0.3 is 15.2 Å². The molecule has 0 spiro atoms. The summed E-state index contributed by atoms with van der Waals surface area (Å²) < 4.78 is 0. The molecule has 8 nitrogen and oxygen atoms in total. The van der Waals surface area contributed by atoms with E-state index >= 15 is 0 Å². The first-order valence-electron chi connectivity index (χ1n) is 9.87. The molecule has 0 unspecified atom stereocenters. The summed E-state index contributed by atoms with van der Waals surface area (Å²) in [5.41, 5.74) is 3.08. The minimum atomic E-state index is -0.433. The van der Waals surface area contributed by atoms with Crippen LogP contribution in [0.15, 0.2) is 66.9 Å². The average Bonchev–Trinajstić information content (AvgIpc) is 3.44. The monoisotopic (exact) mass is 445 g/mol. The SMILES string of the molecule is N#Cc1cccc(NC(=O)N(CCc2c[nH]c3ccccc23)Cc2ccc([N+](=O)[O-])s2)c1. The normalized spacial score (nSPS) is 10.6. The van der Waals surface area contributed by atoms with Crippen LogP contribution in [0.3, 0.4) is 0 Å². The van der Waals surface area contributed by atoms with Crippen LogP contribution in [0.2, 0.25) is 0 Å². The maximum Gasteiger partial charge on any atom is 0.324 e. The van der Waals surface area contributed by atoms with Gasteiger partial charge in [-0.1, -0.05) is 35.6 Å². The number of urea groups is 1. The number of aromatic nitrogens is 1. The van der Waals surface area contributed by atoms with Gasteiger partial charge in [-0.2, -0.15) is 5.26 Å². The predicted molar refractivity (Wildman–Crippen MR) is 124 cm³/mol. The number of aromatic amines is 1. The van der Waals surface area contributed by atoms with E-state index in [-0.39, 0.29) is 17.6 Å². The van der Waals surface area contributed by atoms with Gasteiger partial charge in [0.25, 0.3) is 0 Å². The van der Waals surface area contributed by atoms with Crippen molar-refractivity contribution in [2.24, 2.45) is 0 Å². The minimum Gasteiger partial charge on any atom is -0.361 e. The number of thiophene rings is 1. The summed E-state index contributed by atoms with van der Waals surface area (Å²) in [6, 6.07) is 19.5. The molecule has 0 bridgehead atoms. The fraction of sp³-hybridized carbons (Fsp3) is 0.130. The number of anilines is 1. The lowest BCUT2D eigenvalue weighted by atomic mass is 10.1. The predicted octanol–water partition coefficient (Wildman–Crippen LogP) is 5.29. The number of benzene rings is 2. The maximum atomic E-state index is 13.1. The molecule has 2 aromatic heterocycles. The smallest absolute Gasteiger partial charge is 0.324 e. The highest BCUT2D eigenvalue weighted by Gasteiger charge is 2.18. The molecule has 2 amide bonds. The Hall–Kier alpha value is -4.16. The van der Waals surface area contributed by atoms with Gasteiger partial charge in [-0.3, -0.25) is 10.1 Å². The molecule has 160 valence electrons. The number of carbonyl (C=O) groups is 1. The second-order valence-electron chi connectivity index (χ2n) is 7.15. The van der Waals surface area contributed by atoms with Crippen LogP contribution >= 0.6 is 11.3 Å². The molecule has 0 aliphatic carbocycles. The average molecular weight is 446 g/mol. The number of nitro groups is 1. The van der Waals surface area contributed by atoms with E-state index in [1.165, 1.54) is 6.07 Å². The number of amides is 2. The molecule has 32 heavy (non-hydrogen) atoms. The number of nitrogens with one attached hydrogen (secondary N) is 2. The van der Waals surface area contributed by atoms with Crippen molar-refractivity contribution >= 4 is 39.0 Å². The fourth-order valence-corrected chi connectivity index (χ4v) is 4.29. The number of para-hydroxylation sites is 1.